The molecule has 2 heterocycles. The molecule has 7 aromatic carbocycles. The summed E-state index contributed by atoms with van der Waals surface area (Å²) >= 11 is 1.85. The van der Waals surface area contributed by atoms with Gasteiger partial charge < -0.3 is 0 Å². The Labute approximate surface area is 277 Å². The molecule has 0 saturated heterocycles. The molecule has 0 radical (unpaired) electrons. The van der Waals surface area contributed by atoms with E-state index in [-0.39, 0.29) is 0 Å². The summed E-state index contributed by atoms with van der Waals surface area (Å²) in [5.41, 5.74) is 9.65. The first kappa shape index (κ1) is 27.4. The van der Waals surface area contributed by atoms with Crippen LogP contribution in [0, 0.1) is 0 Å². The van der Waals surface area contributed by atoms with Gasteiger partial charge in [-0.2, -0.15) is 0 Å². The minimum atomic E-state index is 0.718. The zero-order chi connectivity index (χ0) is 31.2. The Balaban J connectivity index is 1.32. The van der Waals surface area contributed by atoms with Gasteiger partial charge in [0.2, 0.25) is 0 Å². The maximum absolute atomic E-state index is 5.31. The molecule has 2 aromatic heterocycles. The largest absolute Gasteiger partial charge is 0.228 e. The van der Waals surface area contributed by atoms with Gasteiger partial charge >= 0.3 is 0 Å². The van der Waals surface area contributed by atoms with Crippen molar-refractivity contribution >= 4 is 42.3 Å². The zero-order valence-corrected chi connectivity index (χ0v) is 26.3. The number of nitrogens with zero attached hydrogens (tertiary/aromatic N) is 2. The molecule has 9 rings (SSSR count). The molecule has 2 nitrogen and oxygen atoms in total. The quantitative estimate of drug-likeness (QED) is 0.192. The van der Waals surface area contributed by atoms with E-state index in [2.05, 4.69) is 164 Å². The van der Waals surface area contributed by atoms with Gasteiger partial charge in [0.1, 0.15) is 0 Å². The second-order valence-electron chi connectivity index (χ2n) is 11.8. The van der Waals surface area contributed by atoms with Crippen molar-refractivity contribution in [1.82, 2.24) is 9.97 Å². The molecule has 0 unspecified atom stereocenters. The van der Waals surface area contributed by atoms with Gasteiger partial charge in [-0.3, -0.25) is 0 Å². The highest BCUT2D eigenvalue weighted by atomic mass is 32.1. The zero-order valence-electron chi connectivity index (χ0n) is 25.5. The van der Waals surface area contributed by atoms with Crippen molar-refractivity contribution in [2.75, 3.05) is 0 Å². The van der Waals surface area contributed by atoms with Crippen molar-refractivity contribution in [3.63, 3.8) is 0 Å². The van der Waals surface area contributed by atoms with Crippen LogP contribution in [0.25, 0.3) is 87.1 Å². The van der Waals surface area contributed by atoms with Crippen molar-refractivity contribution in [2.45, 2.75) is 0 Å². The van der Waals surface area contributed by atoms with Crippen LogP contribution >= 0.6 is 11.3 Å². The van der Waals surface area contributed by atoms with E-state index >= 15 is 0 Å². The number of thiophene rings is 1. The number of benzene rings is 7. The third kappa shape index (κ3) is 4.98. The van der Waals surface area contributed by atoms with Gasteiger partial charge in [0, 0.05) is 36.9 Å². The Morgan fingerprint density at radius 3 is 1.77 bits per heavy atom. The Morgan fingerprint density at radius 1 is 0.362 bits per heavy atom. The lowest BCUT2D eigenvalue weighted by atomic mass is 9.92. The van der Waals surface area contributed by atoms with Crippen molar-refractivity contribution in [2.24, 2.45) is 0 Å². The Kier molecular flexibility index (Phi) is 6.69. The van der Waals surface area contributed by atoms with Crippen LogP contribution in [-0.2, 0) is 0 Å². The average Bonchev–Trinajstić information content (AvgIpc) is 3.54. The Morgan fingerprint density at radius 2 is 0.936 bits per heavy atom. The summed E-state index contributed by atoms with van der Waals surface area (Å²) in [7, 11) is 0. The van der Waals surface area contributed by atoms with Crippen LogP contribution in [0.5, 0.6) is 0 Å². The van der Waals surface area contributed by atoms with Gasteiger partial charge in [-0.1, -0.05) is 133 Å². The summed E-state index contributed by atoms with van der Waals surface area (Å²) in [6.45, 7) is 0. The normalized spacial score (nSPS) is 11.4. The van der Waals surface area contributed by atoms with E-state index in [4.69, 9.17) is 9.97 Å². The summed E-state index contributed by atoms with van der Waals surface area (Å²) in [4.78, 5) is 10.5. The average molecular weight is 617 g/mol. The third-order valence-corrected chi connectivity index (χ3v) is 10.0. The lowest BCUT2D eigenvalue weighted by Crippen LogP contribution is -1.97. The predicted octanol–water partition coefficient (Wildman–Crippen LogP) is 12.3. The highest BCUT2D eigenvalue weighted by Gasteiger charge is 2.17. The Hall–Kier alpha value is -5.90. The highest BCUT2D eigenvalue weighted by molar-refractivity contribution is 7.25. The van der Waals surface area contributed by atoms with E-state index in [0.717, 1.165) is 44.9 Å². The van der Waals surface area contributed by atoms with Crippen LogP contribution in [0.1, 0.15) is 0 Å². The van der Waals surface area contributed by atoms with E-state index in [1.807, 2.05) is 17.4 Å². The van der Waals surface area contributed by atoms with Gasteiger partial charge in [-0.15, -0.1) is 11.3 Å². The smallest absolute Gasteiger partial charge is 0.161 e. The molecule has 0 aliphatic rings. The molecule has 9 aromatic rings. The molecule has 0 aliphatic heterocycles. The minimum absolute atomic E-state index is 0.718. The second kappa shape index (κ2) is 11.5. The first-order valence-corrected chi connectivity index (χ1v) is 16.6. The van der Waals surface area contributed by atoms with Crippen LogP contribution in [0.2, 0.25) is 0 Å². The van der Waals surface area contributed by atoms with Crippen LogP contribution in [0.4, 0.5) is 0 Å². The van der Waals surface area contributed by atoms with E-state index in [0.29, 0.717) is 0 Å². The molecule has 0 bridgehead atoms. The first-order valence-electron chi connectivity index (χ1n) is 15.8. The van der Waals surface area contributed by atoms with Crippen molar-refractivity contribution in [1.29, 1.82) is 0 Å². The van der Waals surface area contributed by atoms with Gasteiger partial charge in [0.05, 0.1) is 11.4 Å². The molecule has 0 fully saturated rings. The number of hydrogen-bond donors (Lipinski definition) is 0. The summed E-state index contributed by atoms with van der Waals surface area (Å²) in [6, 6.07) is 60.3. The van der Waals surface area contributed by atoms with E-state index in [9.17, 15) is 0 Å². The standard InChI is InChI=1S/C44H28N2S/c1-3-13-29(14-4-1)32-25-33(36-21-12-24-42-43(36)38-20-9-10-23-41(38)47-42)27-34(26-32)40-28-39(31-16-5-2-6-17-31)45-44(46-40)37-22-11-18-30-15-7-8-19-35(30)37/h1-28H. The SMILES string of the molecule is c1ccc(-c2cc(-c3cc(-c4ccccc4)nc(-c4cccc5ccccc45)n3)cc(-c3cccc4sc5ccccc5c34)c2)cc1. The lowest BCUT2D eigenvalue weighted by molar-refractivity contribution is 1.19. The maximum atomic E-state index is 5.31. The molecule has 0 aliphatic carbocycles. The number of fused-ring (bicyclic) bond motifs is 4. The lowest BCUT2D eigenvalue weighted by Gasteiger charge is -2.14. The molecule has 220 valence electrons. The summed E-state index contributed by atoms with van der Waals surface area (Å²) in [5, 5.41) is 4.90. The van der Waals surface area contributed by atoms with Crippen molar-refractivity contribution in [3.8, 4) is 56.2 Å². The van der Waals surface area contributed by atoms with Crippen LogP contribution < -0.4 is 0 Å². The molecule has 0 N–H and O–H groups in total. The topological polar surface area (TPSA) is 25.8 Å². The fourth-order valence-electron chi connectivity index (χ4n) is 6.64. The minimum Gasteiger partial charge on any atom is -0.228 e. The molecule has 47 heavy (non-hydrogen) atoms. The van der Waals surface area contributed by atoms with Crippen molar-refractivity contribution in [3.05, 3.63) is 170 Å². The van der Waals surface area contributed by atoms with Crippen LogP contribution in [0.3, 0.4) is 0 Å². The van der Waals surface area contributed by atoms with Crippen LogP contribution in [-0.4, -0.2) is 9.97 Å². The number of aromatic nitrogens is 2. The number of hydrogen-bond acceptors (Lipinski definition) is 3. The second-order valence-corrected chi connectivity index (χ2v) is 12.9. The summed E-state index contributed by atoms with van der Waals surface area (Å²) in [6.07, 6.45) is 0. The maximum Gasteiger partial charge on any atom is 0.161 e. The van der Waals surface area contributed by atoms with Crippen LogP contribution in [0.15, 0.2) is 170 Å². The van der Waals surface area contributed by atoms with Gasteiger partial charge in [-0.05, 0) is 69.4 Å². The third-order valence-electron chi connectivity index (χ3n) is 8.88. The van der Waals surface area contributed by atoms with E-state index < -0.39 is 0 Å². The fourth-order valence-corrected chi connectivity index (χ4v) is 7.77. The Bertz CT molecular complexity index is 2560. The highest BCUT2D eigenvalue weighted by Crippen LogP contribution is 2.42. The molecule has 0 amide bonds. The molecular formula is C44H28N2S. The predicted molar refractivity (Wildman–Crippen MR) is 200 cm³/mol. The van der Waals surface area contributed by atoms with Crippen molar-refractivity contribution < 1.29 is 0 Å². The van der Waals surface area contributed by atoms with Gasteiger partial charge in [0.15, 0.2) is 5.82 Å². The first-order chi connectivity index (χ1) is 23.3. The van der Waals surface area contributed by atoms with Gasteiger partial charge in [-0.25, -0.2) is 9.97 Å². The van der Waals surface area contributed by atoms with E-state index in [1.165, 1.54) is 42.2 Å². The molecule has 3 heteroatoms. The monoisotopic (exact) mass is 616 g/mol. The molecule has 0 saturated carbocycles. The number of rotatable bonds is 5. The summed E-state index contributed by atoms with van der Waals surface area (Å²) in [5.74, 6) is 0.718. The van der Waals surface area contributed by atoms with Gasteiger partial charge in [0.25, 0.3) is 0 Å². The van der Waals surface area contributed by atoms with E-state index in [1.54, 1.807) is 0 Å². The molecule has 0 atom stereocenters. The fraction of sp³-hybridized carbons (Fsp3) is 0. The summed E-state index contributed by atoms with van der Waals surface area (Å²) < 4.78 is 2.60. The molecular weight excluding hydrogens is 589 g/mol. The molecule has 0 spiro atoms.